The first-order valence-electron chi connectivity index (χ1n) is 4.93. The van der Waals surface area contributed by atoms with E-state index in [1.165, 1.54) is 12.1 Å². The number of hydrogen-bond acceptors (Lipinski definition) is 2. The maximum atomic E-state index is 12.4. The molecule has 1 rings (SSSR count). The van der Waals surface area contributed by atoms with E-state index in [0.29, 0.717) is 0 Å². The first-order chi connectivity index (χ1) is 8.29. The van der Waals surface area contributed by atoms with E-state index in [4.69, 9.17) is 5.11 Å². The third-order valence-electron chi connectivity index (χ3n) is 2.09. The predicted octanol–water partition coefficient (Wildman–Crippen LogP) is 2.08. The molecule has 0 aliphatic rings. The van der Waals surface area contributed by atoms with Gasteiger partial charge in [-0.3, -0.25) is 4.79 Å². The standard InChI is InChI=1S/C11H10F3NO3/c12-11(13,14)8-3-1-2-7(4-8)5-9(16)6-15-10(17)18/h1-4,15H,5-6H2,(H,17,18). The van der Waals surface area contributed by atoms with Crippen molar-refractivity contribution >= 4 is 11.9 Å². The van der Waals surface area contributed by atoms with Crippen molar-refractivity contribution < 1.29 is 27.9 Å². The second kappa shape index (κ2) is 5.52. The number of nitrogens with one attached hydrogen (secondary N) is 1. The van der Waals surface area contributed by atoms with Gasteiger partial charge in [0.1, 0.15) is 0 Å². The van der Waals surface area contributed by atoms with Gasteiger partial charge in [0.2, 0.25) is 0 Å². The normalized spacial score (nSPS) is 11.1. The Morgan fingerprint density at radius 2 is 1.94 bits per heavy atom. The molecule has 0 aliphatic heterocycles. The van der Waals surface area contributed by atoms with Crippen LogP contribution in [0.15, 0.2) is 24.3 Å². The van der Waals surface area contributed by atoms with Gasteiger partial charge in [-0.2, -0.15) is 13.2 Å². The summed E-state index contributed by atoms with van der Waals surface area (Å²) in [5.74, 6) is -0.503. The van der Waals surface area contributed by atoms with Crippen molar-refractivity contribution in [3.8, 4) is 0 Å². The van der Waals surface area contributed by atoms with Crippen LogP contribution in [0.4, 0.5) is 18.0 Å². The molecular weight excluding hydrogens is 251 g/mol. The van der Waals surface area contributed by atoms with Gasteiger partial charge in [0.05, 0.1) is 12.1 Å². The van der Waals surface area contributed by atoms with Crippen molar-refractivity contribution in [2.45, 2.75) is 12.6 Å². The Morgan fingerprint density at radius 1 is 1.28 bits per heavy atom. The van der Waals surface area contributed by atoms with Crippen LogP contribution >= 0.6 is 0 Å². The Labute approximate surface area is 100 Å². The molecule has 0 bridgehead atoms. The SMILES string of the molecule is O=C(CNC(=O)O)Cc1cccc(C(F)(F)F)c1. The van der Waals surface area contributed by atoms with Crippen LogP contribution in [-0.2, 0) is 17.4 Å². The highest BCUT2D eigenvalue weighted by Gasteiger charge is 2.30. The van der Waals surface area contributed by atoms with Gasteiger partial charge in [-0.05, 0) is 11.6 Å². The highest BCUT2D eigenvalue weighted by molar-refractivity contribution is 5.85. The zero-order valence-electron chi connectivity index (χ0n) is 9.12. The molecule has 1 aromatic rings. The second-order valence-corrected chi connectivity index (χ2v) is 3.57. The van der Waals surface area contributed by atoms with Crippen molar-refractivity contribution in [1.82, 2.24) is 5.32 Å². The molecule has 1 amide bonds. The molecule has 0 radical (unpaired) electrons. The molecule has 0 unspecified atom stereocenters. The molecule has 0 saturated heterocycles. The molecule has 0 spiro atoms. The molecule has 1 aromatic carbocycles. The molecule has 98 valence electrons. The Balaban J connectivity index is 2.68. The van der Waals surface area contributed by atoms with Gasteiger partial charge >= 0.3 is 12.3 Å². The van der Waals surface area contributed by atoms with Crippen molar-refractivity contribution in [2.75, 3.05) is 6.54 Å². The molecule has 0 atom stereocenters. The fourth-order valence-corrected chi connectivity index (χ4v) is 1.32. The molecule has 0 heterocycles. The van der Waals surface area contributed by atoms with Crippen LogP contribution in [0.1, 0.15) is 11.1 Å². The van der Waals surface area contributed by atoms with Gasteiger partial charge in [-0.1, -0.05) is 18.2 Å². The third kappa shape index (κ3) is 4.44. The fraction of sp³-hybridized carbons (Fsp3) is 0.273. The summed E-state index contributed by atoms with van der Waals surface area (Å²) in [6.45, 7) is -0.425. The summed E-state index contributed by atoms with van der Waals surface area (Å²) < 4.78 is 37.2. The number of ketones is 1. The Bertz CT molecular complexity index is 457. The summed E-state index contributed by atoms with van der Waals surface area (Å²) in [7, 11) is 0. The summed E-state index contributed by atoms with van der Waals surface area (Å²) in [5, 5.41) is 10.1. The van der Waals surface area contributed by atoms with Gasteiger partial charge in [-0.25, -0.2) is 4.79 Å². The first-order valence-corrected chi connectivity index (χ1v) is 4.93. The number of hydrogen-bond donors (Lipinski definition) is 2. The zero-order chi connectivity index (χ0) is 13.8. The number of alkyl halides is 3. The molecule has 7 heteroatoms. The van der Waals surface area contributed by atoms with Crippen molar-refractivity contribution in [3.63, 3.8) is 0 Å². The number of carbonyl (C=O) groups is 2. The van der Waals surface area contributed by atoms with Gasteiger partial charge in [0.25, 0.3) is 0 Å². The van der Waals surface area contributed by atoms with E-state index in [-0.39, 0.29) is 12.0 Å². The quantitative estimate of drug-likeness (QED) is 0.872. The number of carbonyl (C=O) groups excluding carboxylic acids is 1. The van der Waals surface area contributed by atoms with E-state index >= 15 is 0 Å². The van der Waals surface area contributed by atoms with Gasteiger partial charge < -0.3 is 10.4 Å². The highest BCUT2D eigenvalue weighted by atomic mass is 19.4. The lowest BCUT2D eigenvalue weighted by atomic mass is 10.1. The summed E-state index contributed by atoms with van der Waals surface area (Å²) in [5.41, 5.74) is -0.638. The van der Waals surface area contributed by atoms with Gasteiger partial charge in [0.15, 0.2) is 5.78 Å². The topological polar surface area (TPSA) is 66.4 Å². The second-order valence-electron chi connectivity index (χ2n) is 3.57. The minimum absolute atomic E-state index is 0.196. The van der Waals surface area contributed by atoms with Crippen LogP contribution in [0.3, 0.4) is 0 Å². The number of amides is 1. The molecule has 2 N–H and O–H groups in total. The van der Waals surface area contributed by atoms with E-state index in [2.05, 4.69) is 0 Å². The predicted molar refractivity (Wildman–Crippen MR) is 56.2 cm³/mol. The minimum atomic E-state index is -4.46. The average molecular weight is 261 g/mol. The molecular formula is C11H10F3NO3. The fourth-order valence-electron chi connectivity index (χ4n) is 1.32. The smallest absolute Gasteiger partial charge is 0.416 e. The van der Waals surface area contributed by atoms with Crippen LogP contribution in [-0.4, -0.2) is 23.5 Å². The largest absolute Gasteiger partial charge is 0.465 e. The lowest BCUT2D eigenvalue weighted by Gasteiger charge is -2.08. The number of Topliss-reactive ketones (excluding diaryl/α,β-unsaturated/α-hetero) is 1. The Morgan fingerprint density at radius 3 is 2.50 bits per heavy atom. The number of benzene rings is 1. The van der Waals surface area contributed by atoms with E-state index in [0.717, 1.165) is 12.1 Å². The maximum Gasteiger partial charge on any atom is 0.416 e. The van der Waals surface area contributed by atoms with Crippen LogP contribution in [0.2, 0.25) is 0 Å². The van der Waals surface area contributed by atoms with Crippen molar-refractivity contribution in [2.24, 2.45) is 0 Å². The van der Waals surface area contributed by atoms with E-state index < -0.39 is 30.2 Å². The molecule has 0 aromatic heterocycles. The molecule has 4 nitrogen and oxygen atoms in total. The number of halogens is 3. The van der Waals surface area contributed by atoms with Crippen molar-refractivity contribution in [3.05, 3.63) is 35.4 Å². The zero-order valence-corrected chi connectivity index (χ0v) is 9.12. The first kappa shape index (κ1) is 14.0. The Hall–Kier alpha value is -2.05. The maximum absolute atomic E-state index is 12.4. The Kier molecular flexibility index (Phi) is 4.30. The molecule has 0 saturated carbocycles. The van der Waals surface area contributed by atoms with E-state index in [1.54, 1.807) is 0 Å². The number of carboxylic acid groups (broad SMARTS) is 1. The van der Waals surface area contributed by atoms with Crippen LogP contribution in [0.25, 0.3) is 0 Å². The highest BCUT2D eigenvalue weighted by Crippen LogP contribution is 2.29. The average Bonchev–Trinajstić information content (AvgIpc) is 2.25. The molecule has 0 aliphatic carbocycles. The lowest BCUT2D eigenvalue weighted by molar-refractivity contribution is -0.137. The van der Waals surface area contributed by atoms with Gasteiger partial charge in [0, 0.05) is 6.42 Å². The van der Waals surface area contributed by atoms with Crippen LogP contribution in [0, 0.1) is 0 Å². The van der Waals surface area contributed by atoms with Crippen LogP contribution < -0.4 is 5.32 Å². The summed E-state index contributed by atoms with van der Waals surface area (Å²) in [6.07, 6.45) is -6.06. The summed E-state index contributed by atoms with van der Waals surface area (Å²) in [6, 6.07) is 4.37. The molecule has 0 fully saturated rings. The monoisotopic (exact) mass is 261 g/mol. The van der Waals surface area contributed by atoms with E-state index in [1.807, 2.05) is 5.32 Å². The van der Waals surface area contributed by atoms with Gasteiger partial charge in [-0.15, -0.1) is 0 Å². The summed E-state index contributed by atoms with van der Waals surface area (Å²) >= 11 is 0. The molecule has 18 heavy (non-hydrogen) atoms. The van der Waals surface area contributed by atoms with Crippen molar-refractivity contribution in [1.29, 1.82) is 0 Å². The lowest BCUT2D eigenvalue weighted by Crippen LogP contribution is -2.28. The van der Waals surface area contributed by atoms with Crippen LogP contribution in [0.5, 0.6) is 0 Å². The minimum Gasteiger partial charge on any atom is -0.465 e. The number of rotatable bonds is 4. The third-order valence-corrected chi connectivity index (χ3v) is 2.09. The van der Waals surface area contributed by atoms with E-state index in [9.17, 15) is 22.8 Å². The summed E-state index contributed by atoms with van der Waals surface area (Å²) in [4.78, 5) is 21.4.